The van der Waals surface area contributed by atoms with Gasteiger partial charge in [0, 0.05) is 32.7 Å². The fourth-order valence-electron chi connectivity index (χ4n) is 3.98. The number of rotatable bonds is 7. The molecule has 0 aromatic heterocycles. The van der Waals surface area contributed by atoms with Gasteiger partial charge in [-0.2, -0.15) is 0 Å². The molecule has 2 amide bonds. The first-order valence-electron chi connectivity index (χ1n) is 10.4. The van der Waals surface area contributed by atoms with E-state index in [1.54, 1.807) is 20.0 Å². The van der Waals surface area contributed by atoms with Crippen molar-refractivity contribution in [1.29, 1.82) is 0 Å². The molecule has 2 aromatic rings. The maximum absolute atomic E-state index is 14.4. The molecule has 2 aromatic carbocycles. The number of carbonyl (C=O) groups excluding carboxylic acids is 1. The standard InChI is InChI=1S/C22H28F2N4O3S/c1-3-32(30,31)26(2)19-8-10-27(11-9-19)15-16-12-18(24)14-21(13-16)28(22(25)29)20-6-4-17(23)5-7-20/h4-7,12-14,19H,3,8-11,15H2,1-2H3,(H2,25,29). The van der Waals surface area contributed by atoms with Crippen molar-refractivity contribution in [3.8, 4) is 0 Å². The van der Waals surface area contributed by atoms with Gasteiger partial charge in [0.2, 0.25) is 10.0 Å². The van der Waals surface area contributed by atoms with E-state index in [1.165, 1.54) is 40.7 Å². The molecule has 1 fully saturated rings. The highest BCUT2D eigenvalue weighted by Crippen LogP contribution is 2.28. The highest BCUT2D eigenvalue weighted by molar-refractivity contribution is 7.89. The van der Waals surface area contributed by atoms with Crippen LogP contribution in [-0.2, 0) is 16.6 Å². The summed E-state index contributed by atoms with van der Waals surface area (Å²) in [6.45, 7) is 3.40. The lowest BCUT2D eigenvalue weighted by molar-refractivity contribution is 0.164. The van der Waals surface area contributed by atoms with E-state index in [1.807, 2.05) is 0 Å². The Morgan fingerprint density at radius 1 is 1.06 bits per heavy atom. The molecule has 0 atom stereocenters. The number of hydrogen-bond acceptors (Lipinski definition) is 4. The summed E-state index contributed by atoms with van der Waals surface area (Å²) in [5.74, 6) is -0.909. The van der Waals surface area contributed by atoms with Crippen molar-refractivity contribution in [3.05, 3.63) is 59.7 Å². The molecule has 2 N–H and O–H groups in total. The van der Waals surface area contributed by atoms with Crippen LogP contribution in [0.4, 0.5) is 25.0 Å². The lowest BCUT2D eigenvalue weighted by Gasteiger charge is -2.36. The third-order valence-electron chi connectivity index (χ3n) is 5.79. The predicted octanol–water partition coefficient (Wildman–Crippen LogP) is 3.43. The van der Waals surface area contributed by atoms with Gasteiger partial charge >= 0.3 is 6.03 Å². The van der Waals surface area contributed by atoms with E-state index in [9.17, 15) is 22.0 Å². The summed E-state index contributed by atoms with van der Waals surface area (Å²) in [6.07, 6.45) is 1.36. The molecule has 0 bridgehead atoms. The number of primary amides is 1. The van der Waals surface area contributed by atoms with Crippen LogP contribution in [-0.4, -0.2) is 55.6 Å². The van der Waals surface area contributed by atoms with E-state index >= 15 is 0 Å². The molecule has 1 aliphatic rings. The average molecular weight is 467 g/mol. The van der Waals surface area contributed by atoms with Gasteiger partial charge < -0.3 is 5.73 Å². The topological polar surface area (TPSA) is 87.0 Å². The number of urea groups is 1. The van der Waals surface area contributed by atoms with E-state index in [-0.39, 0.29) is 17.5 Å². The Hall–Kier alpha value is -2.56. The van der Waals surface area contributed by atoms with Crippen molar-refractivity contribution < 1.29 is 22.0 Å². The molecule has 7 nitrogen and oxygen atoms in total. The number of sulfonamides is 1. The quantitative estimate of drug-likeness (QED) is 0.677. The van der Waals surface area contributed by atoms with Crippen LogP contribution >= 0.6 is 0 Å². The van der Waals surface area contributed by atoms with E-state index < -0.39 is 27.7 Å². The fraction of sp³-hybridized carbons (Fsp3) is 0.409. The average Bonchev–Trinajstić information content (AvgIpc) is 2.74. The van der Waals surface area contributed by atoms with Crippen LogP contribution in [0.5, 0.6) is 0 Å². The third-order valence-corrected chi connectivity index (χ3v) is 7.69. The molecular formula is C22H28F2N4O3S. The van der Waals surface area contributed by atoms with Crippen molar-refractivity contribution in [2.24, 2.45) is 5.73 Å². The van der Waals surface area contributed by atoms with Crippen LogP contribution in [0.25, 0.3) is 0 Å². The predicted molar refractivity (Wildman–Crippen MR) is 120 cm³/mol. The zero-order valence-corrected chi connectivity index (χ0v) is 19.0. The van der Waals surface area contributed by atoms with E-state index in [0.29, 0.717) is 43.7 Å². The van der Waals surface area contributed by atoms with Crippen molar-refractivity contribution >= 4 is 27.4 Å². The second-order valence-electron chi connectivity index (χ2n) is 7.89. The number of benzene rings is 2. The summed E-state index contributed by atoms with van der Waals surface area (Å²) >= 11 is 0. The number of halogens is 2. The molecule has 3 rings (SSSR count). The summed E-state index contributed by atoms with van der Waals surface area (Å²) in [5, 5.41) is 0. The minimum Gasteiger partial charge on any atom is -0.351 e. The number of nitrogens with two attached hydrogens (primary N) is 1. The van der Waals surface area contributed by atoms with Gasteiger partial charge in [0.15, 0.2) is 0 Å². The lowest BCUT2D eigenvalue weighted by Crippen LogP contribution is -2.45. The van der Waals surface area contributed by atoms with E-state index in [2.05, 4.69) is 4.90 Å². The van der Waals surface area contributed by atoms with Gasteiger partial charge in [-0.1, -0.05) is 0 Å². The maximum atomic E-state index is 14.4. The molecule has 0 aliphatic carbocycles. The Kier molecular flexibility index (Phi) is 7.47. The summed E-state index contributed by atoms with van der Waals surface area (Å²) in [7, 11) is -1.62. The van der Waals surface area contributed by atoms with Gasteiger partial charge in [-0.05, 0) is 67.8 Å². The van der Waals surface area contributed by atoms with Crippen LogP contribution < -0.4 is 10.6 Å². The Labute approximate surface area is 187 Å². The second-order valence-corrected chi connectivity index (χ2v) is 10.2. The Balaban J connectivity index is 1.74. The number of hydrogen-bond donors (Lipinski definition) is 1. The normalized spacial score (nSPS) is 15.8. The maximum Gasteiger partial charge on any atom is 0.323 e. The Bertz CT molecular complexity index is 1060. The van der Waals surface area contributed by atoms with Gasteiger partial charge in [0.1, 0.15) is 11.6 Å². The summed E-state index contributed by atoms with van der Waals surface area (Å²) in [5.41, 5.74) is 6.76. The molecule has 0 spiro atoms. The molecule has 0 unspecified atom stereocenters. The Morgan fingerprint density at radius 3 is 2.25 bits per heavy atom. The van der Waals surface area contributed by atoms with Crippen LogP contribution in [0, 0.1) is 11.6 Å². The van der Waals surface area contributed by atoms with Gasteiger partial charge in [0.05, 0.1) is 17.1 Å². The number of likely N-dealkylation sites (tertiary alicyclic amines) is 1. The molecule has 174 valence electrons. The van der Waals surface area contributed by atoms with Crippen molar-refractivity contribution in [2.45, 2.75) is 32.4 Å². The summed E-state index contributed by atoms with van der Waals surface area (Å²) in [4.78, 5) is 15.3. The largest absolute Gasteiger partial charge is 0.351 e. The smallest absolute Gasteiger partial charge is 0.323 e. The van der Waals surface area contributed by atoms with Gasteiger partial charge in [-0.25, -0.2) is 26.3 Å². The molecule has 0 saturated carbocycles. The fourth-order valence-corrected chi connectivity index (χ4v) is 5.05. The van der Waals surface area contributed by atoms with Crippen molar-refractivity contribution in [3.63, 3.8) is 0 Å². The minimum absolute atomic E-state index is 0.0527. The number of nitrogens with zero attached hydrogens (tertiary/aromatic N) is 3. The van der Waals surface area contributed by atoms with Crippen LogP contribution in [0.15, 0.2) is 42.5 Å². The molecule has 1 aliphatic heterocycles. The Morgan fingerprint density at radius 2 is 1.69 bits per heavy atom. The van der Waals surface area contributed by atoms with Crippen molar-refractivity contribution in [1.82, 2.24) is 9.21 Å². The number of anilines is 2. The van der Waals surface area contributed by atoms with E-state index in [4.69, 9.17) is 5.73 Å². The molecule has 10 heteroatoms. The van der Waals surface area contributed by atoms with E-state index in [0.717, 1.165) is 4.90 Å². The molecule has 1 heterocycles. The van der Waals surface area contributed by atoms with Crippen molar-refractivity contribution in [2.75, 3.05) is 30.8 Å². The number of amides is 2. The van der Waals surface area contributed by atoms with Crippen LogP contribution in [0.2, 0.25) is 0 Å². The van der Waals surface area contributed by atoms with Gasteiger partial charge in [-0.15, -0.1) is 0 Å². The highest BCUT2D eigenvalue weighted by Gasteiger charge is 2.28. The highest BCUT2D eigenvalue weighted by atomic mass is 32.2. The molecule has 0 radical (unpaired) electrons. The monoisotopic (exact) mass is 466 g/mol. The van der Waals surface area contributed by atoms with Crippen LogP contribution in [0.1, 0.15) is 25.3 Å². The first-order valence-corrected chi connectivity index (χ1v) is 12.0. The minimum atomic E-state index is -3.24. The molecule has 1 saturated heterocycles. The second kappa shape index (κ2) is 9.93. The van der Waals surface area contributed by atoms with Crippen LogP contribution in [0.3, 0.4) is 0 Å². The van der Waals surface area contributed by atoms with Gasteiger partial charge in [-0.3, -0.25) is 9.80 Å². The van der Waals surface area contributed by atoms with Gasteiger partial charge in [0.25, 0.3) is 0 Å². The molecular weight excluding hydrogens is 438 g/mol. The third kappa shape index (κ3) is 5.62. The SMILES string of the molecule is CCS(=O)(=O)N(C)C1CCN(Cc2cc(F)cc(N(C(N)=O)c3ccc(F)cc3)c2)CC1. The first kappa shape index (κ1) is 24.1. The lowest BCUT2D eigenvalue weighted by atomic mass is 10.0. The number of carbonyl (C=O) groups is 1. The zero-order valence-electron chi connectivity index (χ0n) is 18.2. The summed E-state index contributed by atoms with van der Waals surface area (Å²) < 4.78 is 53.3. The number of piperidine rings is 1. The summed E-state index contributed by atoms with van der Waals surface area (Å²) in [6, 6.07) is 8.61. The first-order chi connectivity index (χ1) is 15.1. The molecule has 32 heavy (non-hydrogen) atoms. The zero-order chi connectivity index (χ0) is 23.5.